The zero-order chi connectivity index (χ0) is 78.5. The van der Waals surface area contributed by atoms with Crippen LogP contribution in [0.25, 0.3) is 44.5 Å². The molecule has 31 heteroatoms. The van der Waals surface area contributed by atoms with Gasteiger partial charge in [0.15, 0.2) is 39.5 Å². The van der Waals surface area contributed by atoms with Gasteiger partial charge in [0.25, 0.3) is 22.9 Å². The Kier molecular flexibility index (Phi) is 28.0. The molecule has 13 rings (SSSR count). The van der Waals surface area contributed by atoms with Crippen LogP contribution in [0.4, 0.5) is 5.82 Å². The van der Waals surface area contributed by atoms with Gasteiger partial charge in [-0.25, -0.2) is 64.5 Å². The largest absolute Gasteiger partial charge is 0.332 e. The van der Waals surface area contributed by atoms with E-state index in [-0.39, 0.29) is 52.9 Å². The highest BCUT2D eigenvalue weighted by Gasteiger charge is 2.25. The molecule has 3 aliphatic rings. The fourth-order valence-electron chi connectivity index (χ4n) is 10.5. The van der Waals surface area contributed by atoms with Crippen LogP contribution in [0.5, 0.6) is 0 Å². The Hall–Kier alpha value is -11.4. The summed E-state index contributed by atoms with van der Waals surface area (Å²) in [5.41, 5.74) is 10.1. The molecule has 0 saturated heterocycles. The molecule has 31 nitrogen and oxygen atoms in total. The lowest BCUT2D eigenvalue weighted by Crippen LogP contribution is -2.40. The van der Waals surface area contributed by atoms with Crippen molar-refractivity contribution in [3.05, 3.63) is 172 Å². The van der Waals surface area contributed by atoms with Crippen molar-refractivity contribution >= 4 is 73.7 Å². The number of fused-ring (bicyclic) bond motifs is 5. The number of amides is 2. The van der Waals surface area contributed by atoms with Crippen LogP contribution in [-0.4, -0.2) is 143 Å². The minimum Gasteiger partial charge on any atom is -0.332 e. The number of nitrogens with zero attached hydrogens (tertiary/aromatic N) is 21. The van der Waals surface area contributed by atoms with Crippen molar-refractivity contribution in [3.8, 4) is 0 Å². The third-order valence-corrected chi connectivity index (χ3v) is 16.2. The van der Waals surface area contributed by atoms with E-state index in [0.29, 0.717) is 87.1 Å². The minimum absolute atomic E-state index is 0.0584. The number of carbonyl (C=O) groups excluding carboxylic acids is 3. The van der Waals surface area contributed by atoms with Crippen LogP contribution >= 0.6 is 0 Å². The Labute approximate surface area is 613 Å². The molecule has 0 aromatic carbocycles. The van der Waals surface area contributed by atoms with Crippen LogP contribution < -0.4 is 27.1 Å². The number of aromatic nitrogens is 20. The normalized spacial score (nSPS) is 13.4. The summed E-state index contributed by atoms with van der Waals surface area (Å²) in [6.45, 7) is 63.0. The average molecular weight is 1440 g/mol. The molecule has 0 aliphatic carbocycles. The van der Waals surface area contributed by atoms with Crippen molar-refractivity contribution in [1.82, 2.24) is 118 Å². The zero-order valence-corrected chi connectivity index (χ0v) is 65.9. The first-order valence-corrected chi connectivity index (χ1v) is 34.9. The van der Waals surface area contributed by atoms with E-state index in [4.69, 9.17) is 0 Å². The topological polar surface area (TPSA) is 356 Å². The molecule has 10 aromatic heterocycles. The minimum atomic E-state index is -0.205. The third kappa shape index (κ3) is 20.9. The molecule has 3 aliphatic heterocycles. The number of carbonyl (C=O) groups is 3. The Morgan fingerprint density at radius 2 is 0.981 bits per heavy atom. The number of Topliss-reactive ketones (excluding diaryl/α,β-unsaturated/α-hetero) is 1. The molecule has 2 amide bonds. The van der Waals surface area contributed by atoms with Gasteiger partial charge in [0.2, 0.25) is 5.82 Å². The standard InChI is InChI=1S/C11H15N3.C10H14N4.C10H16N2.3C9H12N4O.C9H14N2O.C7H11N3O/c1-7(2)14-6-5-10-8(3)12-9(4)13-11(10)14;1-6(2)14-5-11-9-7(3)12-8(4)13-10(9)14;1-7(2)12-6-8(3)9(4)11-10(12)5;1-5(2)13-4-10-8-7(13)9(14)12-6(3)11-8;2*1-5(2)13-4-10-7-8(13)11-6(3)12-9(7)14;1-6(2)11-5-7(3)9(12)10-8(11)4;1-5(2)10-4-8-7(9-10)6(3)11/h5-7H,1-4H3;5-6H,1-4H3;6-7H,5H2,1-4H3;2*4-5H,1-3H3,(H,11,12,14);4-5,11H,3H2,1-2H3,(H,12,14);5-6H,4H2,1-3H3,(H,10,12);4-5H,1-3H3. The summed E-state index contributed by atoms with van der Waals surface area (Å²) in [6, 6.07) is 4.67. The van der Waals surface area contributed by atoms with Crippen molar-refractivity contribution < 1.29 is 14.4 Å². The first-order chi connectivity index (χ1) is 49.1. The first-order valence-electron chi connectivity index (χ1n) is 34.9. The molecule has 0 fully saturated rings. The van der Waals surface area contributed by atoms with E-state index in [1.54, 1.807) is 50.8 Å². The smallest absolute Gasteiger partial charge is 0.279 e. The molecule has 0 radical (unpaired) electrons. The number of hydrogen-bond donors (Lipinski definition) is 5. The predicted octanol–water partition coefficient (Wildman–Crippen LogP) is 12.6. The second-order valence-corrected chi connectivity index (χ2v) is 27.7. The van der Waals surface area contributed by atoms with Crippen LogP contribution in [0.3, 0.4) is 0 Å². The number of imidazole rings is 4. The maximum Gasteiger partial charge on any atom is 0.279 e. The van der Waals surface area contributed by atoms with E-state index in [0.717, 1.165) is 62.3 Å². The lowest BCUT2D eigenvalue weighted by Gasteiger charge is -2.31. The summed E-state index contributed by atoms with van der Waals surface area (Å²) in [4.78, 5) is 116. The van der Waals surface area contributed by atoms with Crippen LogP contribution in [0.15, 0.2) is 119 Å². The lowest BCUT2D eigenvalue weighted by atomic mass is 10.2. The number of H-pyrrole nitrogens is 2. The fraction of sp³-hybridized carbons (Fsp3) is 0.459. The quantitative estimate of drug-likeness (QED) is 0.0838. The molecule has 0 atom stereocenters. The number of aliphatic imine (C=N–C) groups is 1. The van der Waals surface area contributed by atoms with Crippen molar-refractivity contribution in [3.63, 3.8) is 0 Å². The lowest BCUT2D eigenvalue weighted by molar-refractivity contribution is -0.117. The van der Waals surface area contributed by atoms with Gasteiger partial charge in [0.1, 0.15) is 64.1 Å². The van der Waals surface area contributed by atoms with Crippen molar-refractivity contribution in [1.29, 1.82) is 0 Å². The van der Waals surface area contributed by atoms with Crippen LogP contribution in [0, 0.1) is 41.5 Å². The number of rotatable bonds is 9. The van der Waals surface area contributed by atoms with E-state index >= 15 is 0 Å². The van der Waals surface area contributed by atoms with Gasteiger partial charge < -0.3 is 58.6 Å². The molecule has 0 saturated carbocycles. The summed E-state index contributed by atoms with van der Waals surface area (Å²) < 4.78 is 11.5. The van der Waals surface area contributed by atoms with Gasteiger partial charge >= 0.3 is 0 Å². The second-order valence-electron chi connectivity index (χ2n) is 27.7. The van der Waals surface area contributed by atoms with Gasteiger partial charge in [0.05, 0.1) is 36.7 Å². The second kappa shape index (κ2) is 35.7. The maximum atomic E-state index is 11.6. The number of aromatic amines is 2. The van der Waals surface area contributed by atoms with Crippen molar-refractivity contribution in [2.45, 2.75) is 228 Å². The van der Waals surface area contributed by atoms with E-state index in [9.17, 15) is 24.0 Å². The van der Waals surface area contributed by atoms with Gasteiger partial charge in [-0.1, -0.05) is 19.7 Å². The molecule has 105 heavy (non-hydrogen) atoms. The highest BCUT2D eigenvalue weighted by Crippen LogP contribution is 2.25. The molecule has 0 bridgehead atoms. The van der Waals surface area contributed by atoms with E-state index in [2.05, 4.69) is 192 Å². The molecule has 0 spiro atoms. The molecule has 10 aromatic rings. The Balaban J connectivity index is 0.000000188. The maximum absolute atomic E-state index is 11.6. The summed E-state index contributed by atoms with van der Waals surface area (Å²) in [7, 11) is 0. The molecular formula is C74H106N26O5. The highest BCUT2D eigenvalue weighted by molar-refractivity contribution is 6.01. The highest BCUT2D eigenvalue weighted by atomic mass is 16.2. The van der Waals surface area contributed by atoms with E-state index in [1.165, 1.54) is 12.5 Å². The van der Waals surface area contributed by atoms with Gasteiger partial charge in [0, 0.05) is 90.5 Å². The average Bonchev–Trinajstić information content (AvgIpc) is 1.68. The van der Waals surface area contributed by atoms with Gasteiger partial charge in [-0.3, -0.25) is 24.0 Å². The number of hydrogen-bond acceptors (Lipinski definition) is 21. The van der Waals surface area contributed by atoms with Gasteiger partial charge in [-0.05, 0) is 185 Å². The molecule has 0 unspecified atom stereocenters. The number of aryl methyl sites for hydroxylation is 6. The van der Waals surface area contributed by atoms with E-state index in [1.807, 2.05) is 135 Å². The molecular weight excluding hydrogens is 1330 g/mol. The Bertz CT molecular complexity index is 4910. The number of nitrogens with one attached hydrogen (secondary N) is 5. The summed E-state index contributed by atoms with van der Waals surface area (Å²) in [5.74, 6) is 5.49. The summed E-state index contributed by atoms with van der Waals surface area (Å²) >= 11 is 0. The Morgan fingerprint density at radius 3 is 1.52 bits per heavy atom. The van der Waals surface area contributed by atoms with Gasteiger partial charge in [-0.15, -0.1) is 5.10 Å². The number of allylic oxidation sites excluding steroid dienone is 1. The van der Waals surface area contributed by atoms with E-state index < -0.39 is 0 Å². The fourth-order valence-corrected chi connectivity index (χ4v) is 10.5. The number of anilines is 1. The number of ketones is 1. The predicted molar refractivity (Wildman–Crippen MR) is 413 cm³/mol. The summed E-state index contributed by atoms with van der Waals surface area (Å²) in [6.07, 6.45) is 14.4. The summed E-state index contributed by atoms with van der Waals surface area (Å²) in [5, 5.41) is 13.4. The van der Waals surface area contributed by atoms with Crippen molar-refractivity contribution in [2.75, 3.05) is 5.32 Å². The third-order valence-electron chi connectivity index (χ3n) is 16.2. The van der Waals surface area contributed by atoms with Crippen molar-refractivity contribution in [2.24, 2.45) is 4.99 Å². The monoisotopic (exact) mass is 1440 g/mol. The van der Waals surface area contributed by atoms with Gasteiger partial charge in [-0.2, -0.15) is 0 Å². The first kappa shape index (κ1) is 82.6. The van der Waals surface area contributed by atoms with Crippen LogP contribution in [0.1, 0.15) is 231 Å². The molecule has 5 N–H and O–H groups in total. The molecule has 562 valence electrons. The zero-order valence-electron chi connectivity index (χ0n) is 65.9. The Morgan fingerprint density at radius 1 is 0.467 bits per heavy atom. The molecule has 13 heterocycles. The SMILES string of the molecule is C=C1N=C(C)C(C)=CN1C(C)C.C=C1NC(=O)C(C)=CN1C(C)C.C=C1NC(=O)c2ncn(C(C)C)c2N1.CC(=O)c1ncn(C(C)C)n1.Cc1nc(C)c2ccn(C(C)C)c2n1.Cc1nc(C)c2ncn(C(C)C)c2n1.Cc1nc2c(ncn2C(C)C)c(=O)[nH]1.Cc1nc2ncn(C(C)C)c2c(=O)[nH]1. The van der Waals surface area contributed by atoms with Crippen LogP contribution in [0.2, 0.25) is 0 Å². The van der Waals surface area contributed by atoms with Crippen LogP contribution in [-0.2, 0) is 4.79 Å².